The highest BCUT2D eigenvalue weighted by molar-refractivity contribution is 6.01. The number of amides is 5. The number of nitrogens with zero attached hydrogens (tertiary/aromatic N) is 10. The van der Waals surface area contributed by atoms with Crippen molar-refractivity contribution in [1.82, 2.24) is 54.9 Å². The zero-order valence-electron chi connectivity index (χ0n) is 48.5. The number of benzene rings is 3. The molecule has 0 spiro atoms. The Bertz CT molecular complexity index is 3510. The summed E-state index contributed by atoms with van der Waals surface area (Å²) in [6, 6.07) is 14.5. The lowest BCUT2D eigenvalue weighted by atomic mass is 9.89. The first kappa shape index (κ1) is 62.6. The minimum atomic E-state index is -5.05. The number of nitrogens with two attached hydrogens (primary N) is 1. The fraction of sp³-hybridized carbons (Fsp3) is 0.467. The van der Waals surface area contributed by atoms with Crippen LogP contribution in [0.4, 0.5) is 34.9 Å². The number of aromatic nitrogens is 6. The number of piperidine rings is 4. The highest BCUT2D eigenvalue weighted by atomic mass is 19.4. The monoisotopic (exact) mass is 1210 g/mol. The number of hydrogen-bond donors (Lipinski definition) is 4. The molecule has 10 rings (SSSR count). The second-order valence-electron chi connectivity index (χ2n) is 22.3. The third-order valence-electron chi connectivity index (χ3n) is 16.5. The summed E-state index contributed by atoms with van der Waals surface area (Å²) in [7, 11) is 3.29. The molecule has 3 aromatic carbocycles. The molecule has 4 aliphatic heterocycles. The normalized spacial score (nSPS) is 16.5. The van der Waals surface area contributed by atoms with Gasteiger partial charge in [0.15, 0.2) is 17.2 Å². The minimum Gasteiger partial charge on any atom is -0.468 e. The van der Waals surface area contributed by atoms with E-state index in [1.807, 2.05) is 12.1 Å². The molecule has 87 heavy (non-hydrogen) atoms. The van der Waals surface area contributed by atoms with E-state index in [0.29, 0.717) is 63.6 Å². The van der Waals surface area contributed by atoms with Gasteiger partial charge in [-0.25, -0.2) is 19.0 Å². The fourth-order valence-electron chi connectivity index (χ4n) is 11.5. The number of halogens is 4. The first-order valence-corrected chi connectivity index (χ1v) is 29.1. The number of carbonyl (C=O) groups is 8. The predicted molar refractivity (Wildman–Crippen MR) is 312 cm³/mol. The summed E-state index contributed by atoms with van der Waals surface area (Å²) in [5, 5.41) is 15.1. The molecule has 7 heterocycles. The summed E-state index contributed by atoms with van der Waals surface area (Å²) in [6.07, 6.45) is 6.46. The smallest absolute Gasteiger partial charge is 0.435 e. The van der Waals surface area contributed by atoms with E-state index in [-0.39, 0.29) is 69.7 Å². The lowest BCUT2D eigenvalue weighted by molar-refractivity contribution is -0.142. The Morgan fingerprint density at radius 3 is 2.10 bits per heavy atom. The number of alkyl halides is 3. The molecule has 27 heteroatoms. The molecule has 4 saturated heterocycles. The van der Waals surface area contributed by atoms with Crippen LogP contribution in [0.25, 0.3) is 32.9 Å². The third kappa shape index (κ3) is 15.4. The van der Waals surface area contributed by atoms with Gasteiger partial charge in [-0.2, -0.15) is 23.4 Å². The van der Waals surface area contributed by atoms with E-state index in [2.05, 4.69) is 69.8 Å². The van der Waals surface area contributed by atoms with Gasteiger partial charge in [0.05, 0.1) is 37.1 Å². The minimum absolute atomic E-state index is 0.0218. The molecule has 6 aromatic rings. The molecule has 5 amide bonds. The molecule has 0 aliphatic carbocycles. The van der Waals surface area contributed by atoms with Gasteiger partial charge in [-0.3, -0.25) is 38.2 Å². The van der Waals surface area contributed by atoms with Crippen molar-refractivity contribution in [3.05, 3.63) is 89.8 Å². The van der Waals surface area contributed by atoms with Gasteiger partial charge in [0.25, 0.3) is 5.91 Å². The molecule has 5 N–H and O–H groups in total. The van der Waals surface area contributed by atoms with Crippen molar-refractivity contribution in [2.45, 2.75) is 89.3 Å². The number of esters is 1. The molecule has 0 bridgehead atoms. The van der Waals surface area contributed by atoms with E-state index in [1.165, 1.54) is 55.3 Å². The number of ether oxygens (including phenoxy) is 1. The van der Waals surface area contributed by atoms with Gasteiger partial charge in [-0.1, -0.05) is 24.3 Å². The Morgan fingerprint density at radius 2 is 1.44 bits per heavy atom. The van der Waals surface area contributed by atoms with Crippen molar-refractivity contribution in [3.8, 4) is 11.1 Å². The first-order valence-electron chi connectivity index (χ1n) is 29.1. The summed E-state index contributed by atoms with van der Waals surface area (Å²) in [4.78, 5) is 115. The molecule has 4 fully saturated rings. The molecule has 0 saturated carbocycles. The summed E-state index contributed by atoms with van der Waals surface area (Å²) < 4.78 is 65.2. The van der Waals surface area contributed by atoms with Gasteiger partial charge in [-0.15, -0.1) is 0 Å². The van der Waals surface area contributed by atoms with Gasteiger partial charge >= 0.3 is 12.1 Å². The van der Waals surface area contributed by atoms with Crippen LogP contribution in [0, 0.1) is 17.7 Å². The van der Waals surface area contributed by atoms with Gasteiger partial charge < -0.3 is 50.8 Å². The number of nitrogens with one attached hydrogen (secondary N) is 3. The van der Waals surface area contributed by atoms with E-state index in [4.69, 9.17) is 5.73 Å². The maximum absolute atomic E-state index is 15.7. The van der Waals surface area contributed by atoms with Crippen LogP contribution in [0.5, 0.6) is 0 Å². The second-order valence-corrected chi connectivity index (χ2v) is 22.3. The van der Waals surface area contributed by atoms with Crippen LogP contribution in [0.1, 0.15) is 103 Å². The average Bonchev–Trinajstić information content (AvgIpc) is 1.74. The summed E-state index contributed by atoms with van der Waals surface area (Å²) in [5.74, 6) is -3.20. The maximum Gasteiger partial charge on any atom is 0.435 e. The van der Waals surface area contributed by atoms with E-state index >= 15 is 4.39 Å². The summed E-state index contributed by atoms with van der Waals surface area (Å²) in [5.41, 5.74) is 5.90. The number of carbonyl (C=O) groups excluding carboxylic acids is 8. The number of anilines is 3. The van der Waals surface area contributed by atoms with Crippen molar-refractivity contribution < 1.29 is 60.7 Å². The number of primary amides is 1. The maximum atomic E-state index is 15.7. The van der Waals surface area contributed by atoms with E-state index in [1.54, 1.807) is 16.0 Å². The van der Waals surface area contributed by atoms with Crippen LogP contribution < -0.4 is 26.6 Å². The number of hydrogen-bond acceptors (Lipinski definition) is 16. The van der Waals surface area contributed by atoms with Crippen molar-refractivity contribution in [3.63, 3.8) is 0 Å². The van der Waals surface area contributed by atoms with Crippen LogP contribution in [-0.4, -0.2) is 172 Å². The topological polar surface area (TPSA) is 282 Å². The molecule has 23 nitrogen and oxygen atoms in total. The Balaban J connectivity index is 0.000000259. The van der Waals surface area contributed by atoms with E-state index in [9.17, 15) is 51.5 Å². The average molecular weight is 1210 g/mol. The van der Waals surface area contributed by atoms with Crippen molar-refractivity contribution >= 4 is 86.8 Å². The molecule has 0 atom stereocenters. The molecule has 3 aromatic heterocycles. The molecule has 462 valence electrons. The van der Waals surface area contributed by atoms with Crippen molar-refractivity contribution in [1.29, 1.82) is 0 Å². The van der Waals surface area contributed by atoms with Crippen LogP contribution in [0.3, 0.4) is 0 Å². The number of aldehydes is 1. The largest absolute Gasteiger partial charge is 0.468 e. The van der Waals surface area contributed by atoms with Crippen molar-refractivity contribution in [2.75, 3.05) is 89.8 Å². The Labute approximate surface area is 498 Å². The van der Waals surface area contributed by atoms with Gasteiger partial charge in [-0.05, 0) is 125 Å². The zero-order chi connectivity index (χ0) is 61.9. The van der Waals surface area contributed by atoms with Crippen molar-refractivity contribution in [2.24, 2.45) is 17.6 Å². The van der Waals surface area contributed by atoms with Crippen LogP contribution in [0.15, 0.2) is 67.0 Å². The number of methoxy groups -OCH3 is 1. The van der Waals surface area contributed by atoms with E-state index in [0.717, 1.165) is 79.4 Å². The predicted octanol–water partition coefficient (Wildman–Crippen LogP) is 5.83. The highest BCUT2D eigenvalue weighted by Gasteiger charge is 2.39. The Morgan fingerprint density at radius 1 is 0.759 bits per heavy atom. The Kier molecular flexibility index (Phi) is 20.2. The summed E-state index contributed by atoms with van der Waals surface area (Å²) in [6.45, 7) is 4.16. The van der Waals surface area contributed by atoms with Crippen LogP contribution in [-0.2, 0) is 46.2 Å². The third-order valence-corrected chi connectivity index (χ3v) is 16.5. The molecule has 0 radical (unpaired) electrons. The molecular formula is C60H70F4N14O9. The summed E-state index contributed by atoms with van der Waals surface area (Å²) >= 11 is 0. The number of rotatable bonds is 17. The highest BCUT2D eigenvalue weighted by Crippen LogP contribution is 2.41. The molecular weight excluding hydrogens is 1140 g/mol. The quantitative estimate of drug-likeness (QED) is 0.0475. The van der Waals surface area contributed by atoms with Crippen LogP contribution in [0.2, 0.25) is 0 Å². The lowest BCUT2D eigenvalue weighted by Gasteiger charge is -2.36. The lowest BCUT2D eigenvalue weighted by Crippen LogP contribution is -2.46. The number of fused-ring (bicyclic) bond motifs is 2. The van der Waals surface area contributed by atoms with Crippen LogP contribution >= 0.6 is 0 Å². The van der Waals surface area contributed by atoms with Gasteiger partial charge in [0, 0.05) is 86.0 Å². The first-order chi connectivity index (χ1) is 41.8. The number of likely N-dealkylation sites (tertiary alicyclic amines) is 3. The zero-order valence-corrected chi connectivity index (χ0v) is 48.5. The second kappa shape index (κ2) is 28.1. The van der Waals surface area contributed by atoms with Gasteiger partial charge in [0.2, 0.25) is 29.5 Å². The molecule has 4 aliphatic rings. The van der Waals surface area contributed by atoms with E-state index < -0.39 is 72.3 Å². The standard InChI is InChI=1S/C38H40F4N8O8.C22H30N6O/c1-58-34(56)19-44-30(52)18-43-31(53)20-49-28-4-2-3-25(35(28)36(46-49)38(40,41)42)26-16-29-24(15-27(26)39)17-45-50(29)33(55)6-5-32(54)47-13-9-23(10-14-47)37(57)48-11-7-22(21-51)8-12-48;1-27-13-9-17(10-14-27)16-5-7-18(8-6-16)25-22-20(21(23)29)24-15-19(26-22)28-11-3-2-4-12-28/h2-4,15-17,21-23H,5-14,18-20H2,1H3,(H,43,53)(H,44,52);5-8,15,17H,2-4,9-14H2,1H3,(H2,23,29)(H,25,26). The fourth-order valence-corrected chi connectivity index (χ4v) is 11.5. The van der Waals surface area contributed by atoms with Gasteiger partial charge in [0.1, 0.15) is 31.0 Å². The SMILES string of the molecule is CN1CCC(c2ccc(Nc3nc(N4CCCCC4)cnc3C(N)=O)cc2)CC1.COC(=O)CNC(=O)CNC(=O)Cn1nc(C(F)(F)F)c2c(-c3cc4c(cnn4C(=O)CCC(=O)N4CCC(C(=O)N5CCC(C=O)CC5)CC4)cc3F)cccc21. The molecule has 0 unspecified atom stereocenters. The Hall–Kier alpha value is -8.88.